The van der Waals surface area contributed by atoms with E-state index in [0.717, 1.165) is 12.8 Å². The Balaban J connectivity index is 1.48. The molecule has 0 aliphatic heterocycles. The third kappa shape index (κ3) is 2.08. The fraction of sp³-hybridized carbons (Fsp3) is 1.00. The minimum atomic E-state index is -2.47. The lowest BCUT2D eigenvalue weighted by molar-refractivity contribution is -0.216. The Morgan fingerprint density at radius 1 is 0.706 bits per heavy atom. The van der Waals surface area contributed by atoms with Gasteiger partial charge < -0.3 is 0 Å². The van der Waals surface area contributed by atoms with Gasteiger partial charge in [0.05, 0.1) is 0 Å². The maximum Gasteiger partial charge on any atom is 0.249 e. The van der Waals surface area contributed by atoms with E-state index in [1.165, 1.54) is 0 Å². The highest BCUT2D eigenvalue weighted by molar-refractivity contribution is 5.08. The van der Waals surface area contributed by atoms with Crippen molar-refractivity contribution in [1.82, 2.24) is 0 Å². The van der Waals surface area contributed by atoms with Gasteiger partial charge in [-0.05, 0) is 42.9 Å². The van der Waals surface area contributed by atoms with Crippen LogP contribution in [0.2, 0.25) is 0 Å². The van der Waals surface area contributed by atoms with E-state index < -0.39 is 11.8 Å². The van der Waals surface area contributed by atoms with Crippen LogP contribution in [0.25, 0.3) is 0 Å². The Bertz CT molecular complexity index is 297. The topological polar surface area (TPSA) is 0 Å². The van der Waals surface area contributed by atoms with Crippen molar-refractivity contribution in [2.75, 3.05) is 0 Å². The average molecular weight is 250 g/mol. The molecule has 0 amide bonds. The highest BCUT2D eigenvalue weighted by Gasteiger charge is 2.62. The molecule has 3 fully saturated rings. The number of alkyl halides is 4. The molecule has 0 saturated heterocycles. The molecule has 0 bridgehead atoms. The van der Waals surface area contributed by atoms with Crippen molar-refractivity contribution >= 4 is 0 Å². The summed E-state index contributed by atoms with van der Waals surface area (Å²) in [6.45, 7) is 0. The first kappa shape index (κ1) is 11.8. The van der Waals surface area contributed by atoms with Crippen LogP contribution in [-0.4, -0.2) is 11.8 Å². The van der Waals surface area contributed by atoms with Crippen molar-refractivity contribution in [3.63, 3.8) is 0 Å². The molecule has 4 heteroatoms. The predicted molar refractivity (Wildman–Crippen MR) is 56.2 cm³/mol. The van der Waals surface area contributed by atoms with Crippen LogP contribution in [0.4, 0.5) is 17.6 Å². The minimum absolute atomic E-state index is 0.00265. The third-order valence-corrected chi connectivity index (χ3v) is 5.09. The highest BCUT2D eigenvalue weighted by Crippen LogP contribution is 2.66. The van der Waals surface area contributed by atoms with Gasteiger partial charge in [-0.3, -0.25) is 0 Å². The standard InChI is InChI=1S/C13H18F4/c14-12(15)3-1-9(2-4-12)10-5-11(6-10)7-13(16,17)8-11/h9-10H,1-8H2. The molecule has 0 nitrogen and oxygen atoms in total. The van der Waals surface area contributed by atoms with E-state index in [1.54, 1.807) is 0 Å². The second-order valence-electron chi connectivity index (χ2n) is 6.57. The average Bonchev–Trinajstić information content (AvgIpc) is 2.10. The SMILES string of the molecule is FC1(F)CCC(C2CC3(C2)CC(F)(F)C3)CC1. The molecule has 0 radical (unpaired) electrons. The van der Waals surface area contributed by atoms with Crippen LogP contribution in [-0.2, 0) is 0 Å². The van der Waals surface area contributed by atoms with Gasteiger partial charge in [0.25, 0.3) is 0 Å². The summed E-state index contributed by atoms with van der Waals surface area (Å²) >= 11 is 0. The van der Waals surface area contributed by atoms with Crippen LogP contribution in [0.15, 0.2) is 0 Å². The van der Waals surface area contributed by atoms with E-state index >= 15 is 0 Å². The fourth-order valence-corrected chi connectivity index (χ4v) is 4.25. The summed E-state index contributed by atoms with van der Waals surface area (Å²) < 4.78 is 51.6. The van der Waals surface area contributed by atoms with Crippen LogP contribution >= 0.6 is 0 Å². The Morgan fingerprint density at radius 2 is 1.24 bits per heavy atom. The maximum atomic E-state index is 13.0. The van der Waals surface area contributed by atoms with Crippen molar-refractivity contribution in [3.05, 3.63) is 0 Å². The Kier molecular flexibility index (Phi) is 2.35. The first-order valence-electron chi connectivity index (χ1n) is 6.55. The quantitative estimate of drug-likeness (QED) is 0.595. The van der Waals surface area contributed by atoms with Crippen molar-refractivity contribution in [2.45, 2.75) is 63.2 Å². The summed E-state index contributed by atoms with van der Waals surface area (Å²) in [5, 5.41) is 0. The lowest BCUT2D eigenvalue weighted by atomic mass is 9.47. The molecule has 0 aromatic carbocycles. The van der Waals surface area contributed by atoms with Gasteiger partial charge >= 0.3 is 0 Å². The normalized spacial score (nSPS) is 35.3. The smallest absolute Gasteiger partial charge is 0.207 e. The molecule has 3 aliphatic carbocycles. The number of hydrogen-bond acceptors (Lipinski definition) is 0. The van der Waals surface area contributed by atoms with E-state index in [2.05, 4.69) is 0 Å². The van der Waals surface area contributed by atoms with Gasteiger partial charge in [0.2, 0.25) is 11.8 Å². The summed E-state index contributed by atoms with van der Waals surface area (Å²) in [4.78, 5) is 0. The molecule has 3 saturated carbocycles. The van der Waals surface area contributed by atoms with Crippen molar-refractivity contribution in [1.29, 1.82) is 0 Å². The third-order valence-electron chi connectivity index (χ3n) is 5.09. The van der Waals surface area contributed by atoms with Crippen LogP contribution < -0.4 is 0 Å². The summed E-state index contributed by atoms with van der Waals surface area (Å²) in [6.07, 6.45) is 2.97. The number of hydrogen-bond donors (Lipinski definition) is 0. The second kappa shape index (κ2) is 3.39. The number of halogens is 4. The molecule has 0 aromatic heterocycles. The second-order valence-corrected chi connectivity index (χ2v) is 6.57. The highest BCUT2D eigenvalue weighted by atomic mass is 19.3. The van der Waals surface area contributed by atoms with Gasteiger partial charge in [-0.1, -0.05) is 0 Å². The van der Waals surface area contributed by atoms with E-state index in [0.29, 0.717) is 24.7 Å². The van der Waals surface area contributed by atoms with E-state index in [4.69, 9.17) is 0 Å². The Hall–Kier alpha value is -0.280. The predicted octanol–water partition coefficient (Wildman–Crippen LogP) is 4.64. The zero-order valence-corrected chi connectivity index (χ0v) is 9.82. The zero-order valence-electron chi connectivity index (χ0n) is 9.82. The largest absolute Gasteiger partial charge is 0.249 e. The van der Waals surface area contributed by atoms with Gasteiger partial charge in [-0.25, -0.2) is 17.6 Å². The van der Waals surface area contributed by atoms with Crippen molar-refractivity contribution in [3.8, 4) is 0 Å². The summed E-state index contributed by atoms with van der Waals surface area (Å²) in [5.41, 5.74) is -0.103. The minimum Gasteiger partial charge on any atom is -0.207 e. The first-order valence-corrected chi connectivity index (χ1v) is 6.55. The molecular weight excluding hydrogens is 232 g/mol. The van der Waals surface area contributed by atoms with Gasteiger partial charge in [-0.15, -0.1) is 0 Å². The molecule has 1 spiro atoms. The van der Waals surface area contributed by atoms with Crippen molar-refractivity contribution in [2.24, 2.45) is 17.3 Å². The zero-order chi connectivity index (χ0) is 12.3. The van der Waals surface area contributed by atoms with Crippen LogP contribution in [0.5, 0.6) is 0 Å². The Labute approximate surface area is 98.8 Å². The Morgan fingerprint density at radius 3 is 1.71 bits per heavy atom. The van der Waals surface area contributed by atoms with Crippen LogP contribution in [0, 0.1) is 17.3 Å². The lowest BCUT2D eigenvalue weighted by Gasteiger charge is -2.59. The van der Waals surface area contributed by atoms with Gasteiger partial charge in [0, 0.05) is 25.7 Å². The fourth-order valence-electron chi connectivity index (χ4n) is 4.25. The van der Waals surface area contributed by atoms with E-state index in [1.807, 2.05) is 0 Å². The summed E-state index contributed by atoms with van der Waals surface area (Å²) in [6, 6.07) is 0. The van der Waals surface area contributed by atoms with Gasteiger partial charge in [0.1, 0.15) is 0 Å². The molecule has 17 heavy (non-hydrogen) atoms. The lowest BCUT2D eigenvalue weighted by Crippen LogP contribution is -2.55. The molecule has 98 valence electrons. The first-order chi connectivity index (χ1) is 7.79. The molecular formula is C13H18F4. The van der Waals surface area contributed by atoms with Gasteiger partial charge in [0.15, 0.2) is 0 Å². The molecule has 0 unspecified atom stereocenters. The molecule has 3 rings (SSSR count). The van der Waals surface area contributed by atoms with Gasteiger partial charge in [-0.2, -0.15) is 0 Å². The molecule has 0 atom stereocenters. The van der Waals surface area contributed by atoms with Crippen LogP contribution in [0.3, 0.4) is 0 Å². The monoisotopic (exact) mass is 250 g/mol. The summed E-state index contributed by atoms with van der Waals surface area (Å²) in [7, 11) is 0. The van der Waals surface area contributed by atoms with E-state index in [9.17, 15) is 17.6 Å². The molecule has 0 heterocycles. The van der Waals surface area contributed by atoms with Crippen molar-refractivity contribution < 1.29 is 17.6 Å². The van der Waals surface area contributed by atoms with Crippen LogP contribution in [0.1, 0.15) is 51.4 Å². The molecule has 0 aromatic rings. The maximum absolute atomic E-state index is 13.0. The molecule has 0 N–H and O–H groups in total. The summed E-state index contributed by atoms with van der Waals surface area (Å²) in [5.74, 6) is -4.09. The molecule has 3 aliphatic rings. The van der Waals surface area contributed by atoms with E-state index in [-0.39, 0.29) is 31.1 Å². The number of rotatable bonds is 1.